The molecule has 1 saturated carbocycles. The third kappa shape index (κ3) is 5.77. The molecule has 6 heteroatoms. The summed E-state index contributed by atoms with van der Waals surface area (Å²) in [5.74, 6) is 2.61. The van der Waals surface area contributed by atoms with E-state index in [1.165, 1.54) is 32.1 Å². The molecule has 0 aromatic heterocycles. The normalized spacial score (nSPS) is 18.3. The van der Waals surface area contributed by atoms with Gasteiger partial charge in [-0.3, -0.25) is 4.90 Å². The summed E-state index contributed by atoms with van der Waals surface area (Å²) >= 11 is 0. The molecule has 3 rings (SSSR count). The molecular formula is C22H35N3O3. The molecule has 0 atom stereocenters. The number of rotatable bonds is 8. The van der Waals surface area contributed by atoms with Gasteiger partial charge in [-0.05, 0) is 37.0 Å². The van der Waals surface area contributed by atoms with Crippen LogP contribution >= 0.6 is 0 Å². The van der Waals surface area contributed by atoms with Gasteiger partial charge in [0.1, 0.15) is 11.5 Å². The van der Waals surface area contributed by atoms with Crippen LogP contribution in [0.4, 0.5) is 4.79 Å². The van der Waals surface area contributed by atoms with E-state index in [4.69, 9.17) is 9.47 Å². The van der Waals surface area contributed by atoms with E-state index in [1.807, 2.05) is 23.1 Å². The van der Waals surface area contributed by atoms with Crippen LogP contribution in [0.15, 0.2) is 18.2 Å². The second-order valence-electron chi connectivity index (χ2n) is 7.97. The van der Waals surface area contributed by atoms with Crippen molar-refractivity contribution in [3.05, 3.63) is 23.8 Å². The Morgan fingerprint density at radius 2 is 1.86 bits per heavy atom. The van der Waals surface area contributed by atoms with E-state index in [0.717, 1.165) is 68.7 Å². The van der Waals surface area contributed by atoms with E-state index < -0.39 is 0 Å². The first kappa shape index (κ1) is 20.8. The monoisotopic (exact) mass is 389 g/mol. The molecule has 6 nitrogen and oxygen atoms in total. The maximum Gasteiger partial charge on any atom is 0.317 e. The van der Waals surface area contributed by atoms with Crippen LogP contribution in [-0.4, -0.2) is 62.8 Å². The number of hydrogen-bond donors (Lipinski definition) is 1. The fraction of sp³-hybridized carbons (Fsp3) is 0.682. The van der Waals surface area contributed by atoms with Crippen molar-refractivity contribution in [3.8, 4) is 11.5 Å². The molecule has 0 bridgehead atoms. The van der Waals surface area contributed by atoms with Crippen molar-refractivity contribution >= 4 is 6.03 Å². The van der Waals surface area contributed by atoms with E-state index in [-0.39, 0.29) is 6.03 Å². The lowest BCUT2D eigenvalue weighted by Crippen LogP contribution is -2.51. The molecule has 1 saturated heterocycles. The largest absolute Gasteiger partial charge is 0.497 e. The molecular weight excluding hydrogens is 354 g/mol. The first-order valence-electron chi connectivity index (χ1n) is 10.7. The van der Waals surface area contributed by atoms with Gasteiger partial charge in [0.25, 0.3) is 0 Å². The van der Waals surface area contributed by atoms with Gasteiger partial charge < -0.3 is 19.7 Å². The highest BCUT2D eigenvalue weighted by molar-refractivity contribution is 5.74. The van der Waals surface area contributed by atoms with E-state index in [9.17, 15) is 4.79 Å². The van der Waals surface area contributed by atoms with E-state index in [0.29, 0.717) is 0 Å². The minimum absolute atomic E-state index is 0.0880. The summed E-state index contributed by atoms with van der Waals surface area (Å²) in [7, 11) is 3.37. The Morgan fingerprint density at radius 1 is 1.11 bits per heavy atom. The van der Waals surface area contributed by atoms with Crippen LogP contribution in [0.25, 0.3) is 0 Å². The third-order valence-electron chi connectivity index (χ3n) is 6.08. The summed E-state index contributed by atoms with van der Waals surface area (Å²) in [6, 6.07) is 5.98. The highest BCUT2D eigenvalue weighted by atomic mass is 16.5. The summed E-state index contributed by atoms with van der Waals surface area (Å²) < 4.78 is 10.8. The van der Waals surface area contributed by atoms with Crippen molar-refractivity contribution < 1.29 is 14.3 Å². The highest BCUT2D eigenvalue weighted by Gasteiger charge is 2.22. The number of carbonyl (C=O) groups is 1. The molecule has 156 valence electrons. The average Bonchev–Trinajstić information content (AvgIpc) is 3.25. The van der Waals surface area contributed by atoms with Crippen LogP contribution in [0.3, 0.4) is 0 Å². The van der Waals surface area contributed by atoms with Crippen molar-refractivity contribution in [2.75, 3.05) is 46.9 Å². The summed E-state index contributed by atoms with van der Waals surface area (Å²) in [5, 5.41) is 3.11. The third-order valence-corrected chi connectivity index (χ3v) is 6.08. The number of piperazine rings is 1. The number of urea groups is 1. The lowest BCUT2D eigenvalue weighted by molar-refractivity contribution is 0.134. The van der Waals surface area contributed by atoms with Gasteiger partial charge in [-0.1, -0.05) is 25.7 Å². The topological polar surface area (TPSA) is 54.0 Å². The maximum atomic E-state index is 12.4. The lowest BCUT2D eigenvalue weighted by atomic mass is 10.0. The number of carbonyl (C=O) groups excluding carboxylic acids is 1. The van der Waals surface area contributed by atoms with Crippen LogP contribution < -0.4 is 14.8 Å². The molecule has 2 aliphatic rings. The zero-order valence-electron chi connectivity index (χ0n) is 17.4. The van der Waals surface area contributed by atoms with Crippen molar-refractivity contribution in [3.63, 3.8) is 0 Å². The average molecular weight is 390 g/mol. The maximum absolute atomic E-state index is 12.4. The van der Waals surface area contributed by atoms with Crippen molar-refractivity contribution in [2.24, 2.45) is 5.92 Å². The fourth-order valence-electron chi connectivity index (χ4n) is 4.35. The summed E-state index contributed by atoms with van der Waals surface area (Å²) in [6.07, 6.45) is 7.91. The van der Waals surface area contributed by atoms with Crippen LogP contribution in [0.5, 0.6) is 11.5 Å². The Bertz CT molecular complexity index is 623. The number of amides is 2. The summed E-state index contributed by atoms with van der Waals surface area (Å²) in [4.78, 5) is 16.7. The standard InChI is InChI=1S/C22H35N3O3/c1-27-20-9-10-21(28-2)19(16-20)17-24-12-14-25(15-13-24)22(26)23-11-5-8-18-6-3-4-7-18/h9-10,16,18H,3-8,11-15,17H2,1-2H3,(H,23,26). The predicted molar refractivity (Wildman–Crippen MR) is 111 cm³/mol. The molecule has 1 aromatic carbocycles. The molecule has 1 heterocycles. The van der Waals surface area contributed by atoms with Gasteiger partial charge in [-0.25, -0.2) is 4.79 Å². The number of ether oxygens (including phenoxy) is 2. The quantitative estimate of drug-likeness (QED) is 0.692. The van der Waals surface area contributed by atoms with Crippen LogP contribution in [0.1, 0.15) is 44.1 Å². The second kappa shape index (κ2) is 10.6. The Labute approximate surface area is 169 Å². The summed E-state index contributed by atoms with van der Waals surface area (Å²) in [5.41, 5.74) is 1.12. The Balaban J connectivity index is 1.38. The first-order chi connectivity index (χ1) is 13.7. The molecule has 0 spiro atoms. The van der Waals surface area contributed by atoms with Crippen LogP contribution in [0.2, 0.25) is 0 Å². The lowest BCUT2D eigenvalue weighted by Gasteiger charge is -2.35. The minimum Gasteiger partial charge on any atom is -0.497 e. The Hall–Kier alpha value is -1.95. The van der Waals surface area contributed by atoms with Gasteiger partial charge in [0.05, 0.1) is 14.2 Å². The number of nitrogens with one attached hydrogen (secondary N) is 1. The number of benzene rings is 1. The van der Waals surface area contributed by atoms with Gasteiger partial charge >= 0.3 is 6.03 Å². The first-order valence-corrected chi connectivity index (χ1v) is 10.7. The van der Waals surface area contributed by atoms with E-state index in [2.05, 4.69) is 10.2 Å². The Morgan fingerprint density at radius 3 is 2.54 bits per heavy atom. The molecule has 1 aromatic rings. The number of hydrogen-bond acceptors (Lipinski definition) is 4. The molecule has 28 heavy (non-hydrogen) atoms. The van der Waals surface area contributed by atoms with Crippen molar-refractivity contribution in [1.29, 1.82) is 0 Å². The molecule has 0 unspecified atom stereocenters. The molecule has 1 aliphatic carbocycles. The zero-order valence-corrected chi connectivity index (χ0v) is 17.4. The number of methoxy groups -OCH3 is 2. The van der Waals surface area contributed by atoms with Crippen LogP contribution in [0, 0.1) is 5.92 Å². The SMILES string of the molecule is COc1ccc(OC)c(CN2CCN(C(=O)NCCCC3CCCC3)CC2)c1. The van der Waals surface area contributed by atoms with Gasteiger partial charge in [-0.2, -0.15) is 0 Å². The van der Waals surface area contributed by atoms with Crippen LogP contribution in [-0.2, 0) is 6.54 Å². The molecule has 2 fully saturated rings. The smallest absolute Gasteiger partial charge is 0.317 e. The zero-order chi connectivity index (χ0) is 19.8. The Kier molecular flexibility index (Phi) is 7.83. The number of nitrogens with zero attached hydrogens (tertiary/aromatic N) is 2. The van der Waals surface area contributed by atoms with Gasteiger partial charge in [-0.15, -0.1) is 0 Å². The molecule has 2 amide bonds. The minimum atomic E-state index is 0.0880. The van der Waals surface area contributed by atoms with Gasteiger partial charge in [0, 0.05) is 44.8 Å². The highest BCUT2D eigenvalue weighted by Crippen LogP contribution is 2.28. The molecule has 1 N–H and O–H groups in total. The van der Waals surface area contributed by atoms with E-state index >= 15 is 0 Å². The van der Waals surface area contributed by atoms with Crippen molar-refractivity contribution in [1.82, 2.24) is 15.1 Å². The molecule has 1 aliphatic heterocycles. The molecule has 0 radical (unpaired) electrons. The van der Waals surface area contributed by atoms with E-state index in [1.54, 1.807) is 14.2 Å². The van der Waals surface area contributed by atoms with Gasteiger partial charge in [0.15, 0.2) is 0 Å². The second-order valence-corrected chi connectivity index (χ2v) is 7.97. The fourth-order valence-corrected chi connectivity index (χ4v) is 4.35. The van der Waals surface area contributed by atoms with Crippen molar-refractivity contribution in [2.45, 2.75) is 45.1 Å². The van der Waals surface area contributed by atoms with Gasteiger partial charge in [0.2, 0.25) is 0 Å². The predicted octanol–water partition coefficient (Wildman–Crippen LogP) is 3.50. The summed E-state index contributed by atoms with van der Waals surface area (Å²) in [6.45, 7) is 4.88.